The first-order chi connectivity index (χ1) is 7.54. The molecule has 1 aromatic rings. The van der Waals surface area contributed by atoms with Crippen LogP contribution in [-0.2, 0) is 4.79 Å². The minimum Gasteiger partial charge on any atom is -0.378 e. The molecular formula is C12H15N3O. The van der Waals surface area contributed by atoms with Crippen LogP contribution < -0.4 is 10.2 Å². The maximum absolute atomic E-state index is 11.3. The van der Waals surface area contributed by atoms with Gasteiger partial charge < -0.3 is 10.2 Å². The molecule has 1 N–H and O–H groups in total. The van der Waals surface area contributed by atoms with Crippen molar-refractivity contribution >= 4 is 17.3 Å². The van der Waals surface area contributed by atoms with E-state index in [2.05, 4.69) is 5.32 Å². The SMILES string of the molecule is Cc1ccc(N(C)C)cc1NC(=O)CC#N. The van der Waals surface area contributed by atoms with Gasteiger partial charge in [0.1, 0.15) is 6.42 Å². The average molecular weight is 217 g/mol. The number of nitrogens with zero attached hydrogens (tertiary/aromatic N) is 2. The molecule has 4 nitrogen and oxygen atoms in total. The molecule has 0 aliphatic rings. The minimum absolute atomic E-state index is 0.119. The van der Waals surface area contributed by atoms with Gasteiger partial charge in [0, 0.05) is 25.5 Å². The van der Waals surface area contributed by atoms with Crippen molar-refractivity contribution in [1.82, 2.24) is 0 Å². The number of carbonyl (C=O) groups excluding carboxylic acids is 1. The highest BCUT2D eigenvalue weighted by molar-refractivity contribution is 5.93. The van der Waals surface area contributed by atoms with Crippen molar-refractivity contribution in [3.63, 3.8) is 0 Å². The fourth-order valence-electron chi connectivity index (χ4n) is 1.29. The first-order valence-corrected chi connectivity index (χ1v) is 4.99. The number of carbonyl (C=O) groups is 1. The summed E-state index contributed by atoms with van der Waals surface area (Å²) in [7, 11) is 3.87. The third kappa shape index (κ3) is 2.99. The van der Waals surface area contributed by atoms with Crippen molar-refractivity contribution in [2.75, 3.05) is 24.3 Å². The topological polar surface area (TPSA) is 56.1 Å². The number of amides is 1. The fraction of sp³-hybridized carbons (Fsp3) is 0.333. The number of anilines is 2. The molecule has 0 unspecified atom stereocenters. The highest BCUT2D eigenvalue weighted by Crippen LogP contribution is 2.21. The maximum atomic E-state index is 11.3. The third-order valence-electron chi connectivity index (χ3n) is 2.25. The van der Waals surface area contributed by atoms with Crippen molar-refractivity contribution in [3.8, 4) is 6.07 Å². The molecule has 4 heteroatoms. The molecule has 1 rings (SSSR count). The Balaban J connectivity index is 2.91. The standard InChI is InChI=1S/C12H15N3O/c1-9-4-5-10(15(2)3)8-11(9)14-12(16)6-7-13/h4-5,8H,6H2,1-3H3,(H,14,16). The predicted molar refractivity (Wildman–Crippen MR) is 64.4 cm³/mol. The molecule has 0 heterocycles. The van der Waals surface area contributed by atoms with Crippen LogP contribution in [0.3, 0.4) is 0 Å². The Morgan fingerprint density at radius 2 is 2.19 bits per heavy atom. The molecule has 0 aromatic heterocycles. The molecule has 0 saturated heterocycles. The molecular weight excluding hydrogens is 202 g/mol. The smallest absolute Gasteiger partial charge is 0.238 e. The van der Waals surface area contributed by atoms with Gasteiger partial charge >= 0.3 is 0 Å². The summed E-state index contributed by atoms with van der Waals surface area (Å²) in [5.74, 6) is -0.276. The van der Waals surface area contributed by atoms with Crippen LogP contribution in [-0.4, -0.2) is 20.0 Å². The molecule has 16 heavy (non-hydrogen) atoms. The molecule has 0 radical (unpaired) electrons. The van der Waals surface area contributed by atoms with Crippen LogP contribution >= 0.6 is 0 Å². The van der Waals surface area contributed by atoms with Crippen molar-refractivity contribution in [3.05, 3.63) is 23.8 Å². The fourth-order valence-corrected chi connectivity index (χ4v) is 1.29. The Bertz CT molecular complexity index is 432. The van der Waals surface area contributed by atoms with Crippen LogP contribution in [0, 0.1) is 18.3 Å². The van der Waals surface area contributed by atoms with Crippen LogP contribution in [0.4, 0.5) is 11.4 Å². The van der Waals surface area contributed by atoms with Gasteiger partial charge in [0.15, 0.2) is 0 Å². The number of nitriles is 1. The number of aryl methyl sites for hydroxylation is 1. The van der Waals surface area contributed by atoms with Gasteiger partial charge in [0.05, 0.1) is 6.07 Å². The van der Waals surface area contributed by atoms with Crippen molar-refractivity contribution < 1.29 is 4.79 Å². The average Bonchev–Trinajstić information content (AvgIpc) is 2.21. The van der Waals surface area contributed by atoms with Crippen LogP contribution in [0.1, 0.15) is 12.0 Å². The third-order valence-corrected chi connectivity index (χ3v) is 2.25. The van der Waals surface area contributed by atoms with Gasteiger partial charge in [-0.1, -0.05) is 6.07 Å². The van der Waals surface area contributed by atoms with Crippen LogP contribution in [0.25, 0.3) is 0 Å². The quantitative estimate of drug-likeness (QED) is 0.841. The van der Waals surface area contributed by atoms with Crippen molar-refractivity contribution in [2.24, 2.45) is 0 Å². The van der Waals surface area contributed by atoms with Crippen molar-refractivity contribution in [1.29, 1.82) is 5.26 Å². The monoisotopic (exact) mass is 217 g/mol. The lowest BCUT2D eigenvalue weighted by atomic mass is 10.1. The second-order valence-electron chi connectivity index (χ2n) is 3.78. The second-order valence-corrected chi connectivity index (χ2v) is 3.78. The van der Waals surface area contributed by atoms with Gasteiger partial charge in [0.25, 0.3) is 0 Å². The molecule has 0 aliphatic heterocycles. The van der Waals surface area contributed by atoms with E-state index in [0.29, 0.717) is 0 Å². The highest BCUT2D eigenvalue weighted by atomic mass is 16.1. The van der Waals surface area contributed by atoms with E-state index in [1.165, 1.54) is 0 Å². The molecule has 0 aliphatic carbocycles. The second kappa shape index (κ2) is 5.17. The van der Waals surface area contributed by atoms with Crippen LogP contribution in [0.5, 0.6) is 0 Å². The summed E-state index contributed by atoms with van der Waals surface area (Å²) in [5.41, 5.74) is 2.75. The van der Waals surface area contributed by atoms with Gasteiger partial charge in [0.2, 0.25) is 5.91 Å². The minimum atomic E-state index is -0.276. The van der Waals surface area contributed by atoms with E-state index in [-0.39, 0.29) is 12.3 Å². The Labute approximate surface area is 95.5 Å². The molecule has 0 fully saturated rings. The number of nitrogens with one attached hydrogen (secondary N) is 1. The zero-order valence-corrected chi connectivity index (χ0v) is 9.74. The lowest BCUT2D eigenvalue weighted by molar-refractivity contribution is -0.115. The lowest BCUT2D eigenvalue weighted by Gasteiger charge is -2.15. The summed E-state index contributed by atoms with van der Waals surface area (Å²) in [4.78, 5) is 13.3. The predicted octanol–water partition coefficient (Wildman–Crippen LogP) is 1.91. The first kappa shape index (κ1) is 12.1. The van der Waals surface area contributed by atoms with E-state index >= 15 is 0 Å². The normalized spacial score (nSPS) is 9.38. The molecule has 0 spiro atoms. The van der Waals surface area contributed by atoms with Crippen molar-refractivity contribution in [2.45, 2.75) is 13.3 Å². The summed E-state index contributed by atoms with van der Waals surface area (Å²) in [5, 5.41) is 11.1. The van der Waals surface area contributed by atoms with Gasteiger partial charge in [-0.25, -0.2) is 0 Å². The summed E-state index contributed by atoms with van der Waals surface area (Å²) < 4.78 is 0. The highest BCUT2D eigenvalue weighted by Gasteiger charge is 2.05. The summed E-state index contributed by atoms with van der Waals surface area (Å²) >= 11 is 0. The zero-order chi connectivity index (χ0) is 12.1. The number of benzene rings is 1. The number of hydrogen-bond acceptors (Lipinski definition) is 3. The van der Waals surface area contributed by atoms with Gasteiger partial charge in [-0.15, -0.1) is 0 Å². The van der Waals surface area contributed by atoms with Crippen LogP contribution in [0.2, 0.25) is 0 Å². The van der Waals surface area contributed by atoms with Crippen LogP contribution in [0.15, 0.2) is 18.2 Å². The van der Waals surface area contributed by atoms with Gasteiger partial charge in [-0.2, -0.15) is 5.26 Å². The lowest BCUT2D eigenvalue weighted by Crippen LogP contribution is -2.13. The van der Waals surface area contributed by atoms with E-state index in [1.54, 1.807) is 0 Å². The number of hydrogen-bond donors (Lipinski definition) is 1. The number of rotatable bonds is 3. The van der Waals surface area contributed by atoms with Gasteiger partial charge in [-0.3, -0.25) is 4.79 Å². The Morgan fingerprint density at radius 3 is 2.75 bits per heavy atom. The molecule has 84 valence electrons. The Kier molecular flexibility index (Phi) is 3.90. The van der Waals surface area contributed by atoms with E-state index in [1.807, 2.05) is 50.2 Å². The summed E-state index contributed by atoms with van der Waals surface area (Å²) in [6.07, 6.45) is -0.119. The Morgan fingerprint density at radius 1 is 1.50 bits per heavy atom. The van der Waals surface area contributed by atoms with E-state index in [0.717, 1.165) is 16.9 Å². The Hall–Kier alpha value is -2.02. The largest absolute Gasteiger partial charge is 0.378 e. The molecule has 0 bridgehead atoms. The van der Waals surface area contributed by atoms with Gasteiger partial charge in [-0.05, 0) is 24.6 Å². The summed E-state index contributed by atoms with van der Waals surface area (Å²) in [6.45, 7) is 1.92. The first-order valence-electron chi connectivity index (χ1n) is 4.99. The van der Waals surface area contributed by atoms with E-state index < -0.39 is 0 Å². The molecule has 1 amide bonds. The molecule has 1 aromatic carbocycles. The zero-order valence-electron chi connectivity index (χ0n) is 9.74. The molecule has 0 atom stereocenters. The van der Waals surface area contributed by atoms with E-state index in [9.17, 15) is 4.79 Å². The van der Waals surface area contributed by atoms with E-state index in [4.69, 9.17) is 5.26 Å². The summed E-state index contributed by atoms with van der Waals surface area (Å²) in [6, 6.07) is 7.64. The maximum Gasteiger partial charge on any atom is 0.238 e. The molecule has 0 saturated carbocycles.